The van der Waals surface area contributed by atoms with E-state index in [1.165, 1.54) is 23.1 Å². The zero-order valence-corrected chi connectivity index (χ0v) is 21.3. The van der Waals surface area contributed by atoms with Gasteiger partial charge in [0.1, 0.15) is 11.0 Å². The van der Waals surface area contributed by atoms with Gasteiger partial charge in [0.05, 0.1) is 10.2 Å². The Morgan fingerprint density at radius 2 is 1.49 bits per heavy atom. The number of carbonyl (C=O) groups excluding carboxylic acids is 2. The van der Waals surface area contributed by atoms with Gasteiger partial charge in [0.25, 0.3) is 5.91 Å². The van der Waals surface area contributed by atoms with Crippen molar-refractivity contribution in [3.8, 4) is 5.75 Å². The molecule has 8 heteroatoms. The molecule has 0 radical (unpaired) electrons. The molecule has 5 rings (SSSR count). The first-order valence-corrected chi connectivity index (χ1v) is 13.3. The van der Waals surface area contributed by atoms with Crippen LogP contribution in [-0.4, -0.2) is 23.4 Å². The third-order valence-corrected chi connectivity index (χ3v) is 7.59. The SMILES string of the molecule is O=C(COc1ccccc1)Nc1ccc(SC(C(=O)Nc2nc3ccccc3s2)c2ccccc2)cc1. The molecule has 0 fully saturated rings. The summed E-state index contributed by atoms with van der Waals surface area (Å²) in [5, 5.41) is 5.92. The Morgan fingerprint density at radius 3 is 2.22 bits per heavy atom. The van der Waals surface area contributed by atoms with E-state index in [-0.39, 0.29) is 18.4 Å². The van der Waals surface area contributed by atoms with E-state index < -0.39 is 5.25 Å². The molecule has 1 heterocycles. The molecule has 4 aromatic carbocycles. The minimum atomic E-state index is -0.479. The molecule has 1 atom stereocenters. The highest BCUT2D eigenvalue weighted by atomic mass is 32.2. The van der Waals surface area contributed by atoms with Crippen molar-refractivity contribution >= 4 is 55.9 Å². The monoisotopic (exact) mass is 525 g/mol. The number of carbonyl (C=O) groups is 2. The van der Waals surface area contributed by atoms with Crippen LogP contribution in [0.3, 0.4) is 0 Å². The van der Waals surface area contributed by atoms with Crippen molar-refractivity contribution in [1.29, 1.82) is 0 Å². The number of hydrogen-bond donors (Lipinski definition) is 2. The smallest absolute Gasteiger partial charge is 0.262 e. The Hall–Kier alpha value is -4.14. The van der Waals surface area contributed by atoms with Gasteiger partial charge >= 0.3 is 0 Å². The minimum absolute atomic E-state index is 0.0808. The van der Waals surface area contributed by atoms with Gasteiger partial charge in [-0.25, -0.2) is 4.98 Å². The fourth-order valence-corrected chi connectivity index (χ4v) is 5.51. The first-order chi connectivity index (χ1) is 18.1. The summed E-state index contributed by atoms with van der Waals surface area (Å²) in [6.07, 6.45) is 0. The van der Waals surface area contributed by atoms with Gasteiger partial charge in [-0.1, -0.05) is 72.0 Å². The largest absolute Gasteiger partial charge is 0.484 e. The third-order valence-electron chi connectivity index (χ3n) is 5.37. The molecule has 6 nitrogen and oxygen atoms in total. The Balaban J connectivity index is 1.25. The predicted octanol–water partition coefficient (Wildman–Crippen LogP) is 6.79. The van der Waals surface area contributed by atoms with Crippen LogP contribution in [0.1, 0.15) is 10.8 Å². The Labute approximate surface area is 222 Å². The lowest BCUT2D eigenvalue weighted by atomic mass is 10.1. The van der Waals surface area contributed by atoms with E-state index in [1.54, 1.807) is 12.1 Å². The third kappa shape index (κ3) is 6.55. The lowest BCUT2D eigenvalue weighted by Crippen LogP contribution is -2.20. The molecule has 1 aromatic heterocycles. The van der Waals surface area contributed by atoms with Gasteiger partial charge in [-0.3, -0.25) is 9.59 Å². The van der Waals surface area contributed by atoms with E-state index in [2.05, 4.69) is 15.6 Å². The molecule has 1 unspecified atom stereocenters. The number of para-hydroxylation sites is 2. The zero-order valence-electron chi connectivity index (χ0n) is 19.7. The second-order valence-electron chi connectivity index (χ2n) is 8.06. The number of thioether (sulfide) groups is 1. The number of benzene rings is 4. The van der Waals surface area contributed by atoms with E-state index in [1.807, 2.05) is 97.1 Å². The van der Waals surface area contributed by atoms with Gasteiger partial charge in [-0.15, -0.1) is 11.8 Å². The first-order valence-electron chi connectivity index (χ1n) is 11.6. The van der Waals surface area contributed by atoms with Crippen molar-refractivity contribution in [1.82, 2.24) is 4.98 Å². The molecule has 184 valence electrons. The van der Waals surface area contributed by atoms with Gasteiger partial charge in [-0.2, -0.15) is 0 Å². The molecular weight excluding hydrogens is 502 g/mol. The molecule has 0 saturated heterocycles. The van der Waals surface area contributed by atoms with Gasteiger partial charge < -0.3 is 15.4 Å². The quantitative estimate of drug-likeness (QED) is 0.207. The summed E-state index contributed by atoms with van der Waals surface area (Å²) in [5.74, 6) is 0.243. The maximum Gasteiger partial charge on any atom is 0.262 e. The standard InChI is InChI=1S/C29H23N3O3S2/c33-26(19-35-22-11-5-2-6-12-22)30-21-15-17-23(18-16-21)36-27(20-9-3-1-4-10-20)28(34)32-29-31-24-13-7-8-14-25(24)37-29/h1-18,27H,19H2,(H,30,33)(H,31,32,34). The second-order valence-corrected chi connectivity index (χ2v) is 10.3. The Morgan fingerprint density at radius 1 is 0.811 bits per heavy atom. The molecule has 0 spiro atoms. The van der Waals surface area contributed by atoms with Crippen molar-refractivity contribution in [2.75, 3.05) is 17.2 Å². The summed E-state index contributed by atoms with van der Waals surface area (Å²) in [7, 11) is 0. The van der Waals surface area contributed by atoms with Crippen LogP contribution < -0.4 is 15.4 Å². The van der Waals surface area contributed by atoms with Gasteiger partial charge in [0.2, 0.25) is 5.91 Å². The Kier molecular flexibility index (Phi) is 7.78. The summed E-state index contributed by atoms with van der Waals surface area (Å²) >= 11 is 2.89. The number of anilines is 2. The van der Waals surface area contributed by atoms with Crippen molar-refractivity contribution in [2.24, 2.45) is 0 Å². The number of nitrogens with zero attached hydrogens (tertiary/aromatic N) is 1. The van der Waals surface area contributed by atoms with Crippen LogP contribution in [0.5, 0.6) is 5.75 Å². The molecule has 37 heavy (non-hydrogen) atoms. The van der Waals surface area contributed by atoms with Crippen LogP contribution >= 0.6 is 23.1 Å². The number of thiazole rings is 1. The highest BCUT2D eigenvalue weighted by Crippen LogP contribution is 2.37. The van der Waals surface area contributed by atoms with E-state index >= 15 is 0 Å². The van der Waals surface area contributed by atoms with Crippen LogP contribution in [0.2, 0.25) is 0 Å². The van der Waals surface area contributed by atoms with Crippen molar-refractivity contribution in [2.45, 2.75) is 10.1 Å². The fraction of sp³-hybridized carbons (Fsp3) is 0.0690. The Bertz CT molecular complexity index is 1460. The lowest BCUT2D eigenvalue weighted by Gasteiger charge is -2.16. The van der Waals surface area contributed by atoms with Crippen LogP contribution in [0, 0.1) is 0 Å². The van der Waals surface area contributed by atoms with Crippen molar-refractivity contribution in [3.63, 3.8) is 0 Å². The van der Waals surface area contributed by atoms with E-state index in [9.17, 15) is 9.59 Å². The number of rotatable bonds is 9. The summed E-state index contributed by atoms with van der Waals surface area (Å²) < 4.78 is 6.52. The van der Waals surface area contributed by atoms with E-state index in [4.69, 9.17) is 4.74 Å². The number of nitrogens with one attached hydrogen (secondary N) is 2. The van der Waals surface area contributed by atoms with Crippen LogP contribution in [-0.2, 0) is 9.59 Å². The van der Waals surface area contributed by atoms with E-state index in [0.29, 0.717) is 16.6 Å². The highest BCUT2D eigenvalue weighted by molar-refractivity contribution is 8.00. The molecule has 5 aromatic rings. The number of hydrogen-bond acceptors (Lipinski definition) is 6. The molecule has 0 saturated carbocycles. The zero-order chi connectivity index (χ0) is 25.5. The van der Waals surface area contributed by atoms with Crippen LogP contribution in [0.25, 0.3) is 10.2 Å². The van der Waals surface area contributed by atoms with Crippen LogP contribution in [0.15, 0.2) is 114 Å². The number of ether oxygens (including phenoxy) is 1. The van der Waals surface area contributed by atoms with Crippen molar-refractivity contribution < 1.29 is 14.3 Å². The molecule has 0 aliphatic carbocycles. The lowest BCUT2D eigenvalue weighted by molar-refractivity contribution is -0.118. The summed E-state index contributed by atoms with van der Waals surface area (Å²) in [5.41, 5.74) is 2.40. The average molecular weight is 526 g/mol. The first kappa shape index (κ1) is 24.5. The average Bonchev–Trinajstić information content (AvgIpc) is 3.35. The predicted molar refractivity (Wildman–Crippen MR) is 150 cm³/mol. The normalized spacial score (nSPS) is 11.6. The fourth-order valence-electron chi connectivity index (χ4n) is 3.61. The van der Waals surface area contributed by atoms with E-state index in [0.717, 1.165) is 20.7 Å². The topological polar surface area (TPSA) is 80.3 Å². The summed E-state index contributed by atoms with van der Waals surface area (Å²) in [4.78, 5) is 31.1. The van der Waals surface area contributed by atoms with Gasteiger partial charge in [0.15, 0.2) is 11.7 Å². The van der Waals surface area contributed by atoms with Gasteiger partial charge in [0, 0.05) is 10.6 Å². The van der Waals surface area contributed by atoms with Crippen LogP contribution in [0.4, 0.5) is 10.8 Å². The molecule has 2 amide bonds. The molecule has 2 N–H and O–H groups in total. The second kappa shape index (κ2) is 11.7. The number of amides is 2. The molecule has 0 aliphatic heterocycles. The maximum absolute atomic E-state index is 13.4. The number of fused-ring (bicyclic) bond motifs is 1. The number of aromatic nitrogens is 1. The summed E-state index contributed by atoms with van der Waals surface area (Å²) in [6, 6.07) is 34.1. The summed E-state index contributed by atoms with van der Waals surface area (Å²) in [6.45, 7) is -0.0808. The minimum Gasteiger partial charge on any atom is -0.484 e. The molecule has 0 bridgehead atoms. The maximum atomic E-state index is 13.4. The van der Waals surface area contributed by atoms with Crippen molar-refractivity contribution in [3.05, 3.63) is 115 Å². The molecular formula is C29H23N3O3S2. The highest BCUT2D eigenvalue weighted by Gasteiger charge is 2.23. The van der Waals surface area contributed by atoms with Gasteiger partial charge in [-0.05, 0) is 54.1 Å². The molecule has 0 aliphatic rings.